The second-order valence-electron chi connectivity index (χ2n) is 6.18. The molecule has 6 heteroatoms. The van der Waals surface area contributed by atoms with E-state index in [1.807, 2.05) is 37.3 Å². The summed E-state index contributed by atoms with van der Waals surface area (Å²) < 4.78 is 5.31. The summed E-state index contributed by atoms with van der Waals surface area (Å²) in [6, 6.07) is 17.7. The van der Waals surface area contributed by atoms with Gasteiger partial charge < -0.3 is 20.8 Å². The number of aromatic nitrogens is 1. The number of carbonyl (C=O) groups is 1. The number of hydrogen-bond acceptors (Lipinski definition) is 4. The lowest BCUT2D eigenvalue weighted by atomic mass is 10.1. The molecule has 3 rings (SSSR count). The van der Waals surface area contributed by atoms with Crippen molar-refractivity contribution >= 4 is 11.6 Å². The second kappa shape index (κ2) is 7.88. The Hall–Kier alpha value is -3.38. The van der Waals surface area contributed by atoms with Crippen molar-refractivity contribution in [2.24, 2.45) is 5.73 Å². The van der Waals surface area contributed by atoms with Crippen LogP contribution < -0.4 is 21.3 Å². The summed E-state index contributed by atoms with van der Waals surface area (Å²) in [6.07, 6.45) is 0. The number of amides is 1. The number of methoxy groups -OCH3 is 1. The van der Waals surface area contributed by atoms with Crippen LogP contribution in [0.2, 0.25) is 0 Å². The van der Waals surface area contributed by atoms with Gasteiger partial charge in [0.15, 0.2) is 0 Å². The number of rotatable bonds is 5. The lowest BCUT2D eigenvalue weighted by molar-refractivity contribution is 0.102. The topological polar surface area (TPSA) is 97.2 Å². The molecular weight excluding hydrogens is 342 g/mol. The number of nitrogens with two attached hydrogens (primary N) is 1. The van der Waals surface area contributed by atoms with Gasteiger partial charge in [-0.05, 0) is 48.9 Å². The van der Waals surface area contributed by atoms with E-state index in [4.69, 9.17) is 10.5 Å². The monoisotopic (exact) mass is 363 g/mol. The predicted octanol–water partition coefficient (Wildman–Crippen LogP) is 3.32. The van der Waals surface area contributed by atoms with Crippen molar-refractivity contribution in [1.82, 2.24) is 4.98 Å². The Balaban J connectivity index is 1.83. The zero-order chi connectivity index (χ0) is 19.4. The molecule has 1 aromatic heterocycles. The first-order chi connectivity index (χ1) is 13.0. The third-order valence-corrected chi connectivity index (χ3v) is 4.25. The van der Waals surface area contributed by atoms with Gasteiger partial charge in [0.2, 0.25) is 0 Å². The van der Waals surface area contributed by atoms with Crippen molar-refractivity contribution in [2.45, 2.75) is 13.0 Å². The van der Waals surface area contributed by atoms with Crippen molar-refractivity contribution in [1.29, 1.82) is 0 Å². The van der Waals surface area contributed by atoms with Gasteiger partial charge >= 0.3 is 0 Å². The van der Waals surface area contributed by atoms with Gasteiger partial charge in [0.25, 0.3) is 11.5 Å². The fraction of sp³-hybridized carbons (Fsp3) is 0.143. The third kappa shape index (κ3) is 4.07. The van der Waals surface area contributed by atoms with E-state index >= 15 is 0 Å². The van der Waals surface area contributed by atoms with E-state index in [1.165, 1.54) is 6.07 Å². The van der Waals surface area contributed by atoms with E-state index in [9.17, 15) is 9.59 Å². The van der Waals surface area contributed by atoms with Crippen molar-refractivity contribution in [2.75, 3.05) is 12.4 Å². The fourth-order valence-corrected chi connectivity index (χ4v) is 2.75. The minimum atomic E-state index is -0.476. The average molecular weight is 363 g/mol. The molecule has 0 saturated heterocycles. The van der Waals surface area contributed by atoms with Crippen LogP contribution in [0.1, 0.15) is 28.9 Å². The molecule has 1 amide bonds. The Labute approximate surface area is 157 Å². The van der Waals surface area contributed by atoms with Crippen molar-refractivity contribution < 1.29 is 9.53 Å². The van der Waals surface area contributed by atoms with Gasteiger partial charge in [-0.2, -0.15) is 0 Å². The van der Waals surface area contributed by atoms with Crippen LogP contribution in [0.5, 0.6) is 5.75 Å². The molecule has 0 aliphatic rings. The molecule has 4 N–H and O–H groups in total. The summed E-state index contributed by atoms with van der Waals surface area (Å²) in [5.41, 5.74) is 8.26. The number of H-pyrrole nitrogens is 1. The first-order valence-electron chi connectivity index (χ1n) is 8.53. The Kier molecular flexibility index (Phi) is 5.38. The van der Waals surface area contributed by atoms with Crippen LogP contribution in [0.15, 0.2) is 65.5 Å². The van der Waals surface area contributed by atoms with Crippen LogP contribution in [-0.4, -0.2) is 18.0 Å². The van der Waals surface area contributed by atoms with Crippen LogP contribution in [0.25, 0.3) is 11.3 Å². The van der Waals surface area contributed by atoms with Crippen LogP contribution in [0.3, 0.4) is 0 Å². The molecule has 0 radical (unpaired) electrons. The number of pyridine rings is 1. The van der Waals surface area contributed by atoms with Crippen molar-refractivity contribution in [3.63, 3.8) is 0 Å². The van der Waals surface area contributed by atoms with E-state index in [2.05, 4.69) is 10.3 Å². The molecule has 27 heavy (non-hydrogen) atoms. The number of carbonyl (C=O) groups excluding carboxylic acids is 1. The maximum atomic E-state index is 12.4. The number of nitrogens with one attached hydrogen (secondary N) is 2. The highest BCUT2D eigenvalue weighted by molar-refractivity contribution is 6.04. The molecule has 0 saturated carbocycles. The van der Waals surface area contributed by atoms with E-state index in [0.717, 1.165) is 11.1 Å². The average Bonchev–Trinajstić information content (AvgIpc) is 2.68. The molecule has 0 bridgehead atoms. The normalized spacial score (nSPS) is 11.7. The lowest BCUT2D eigenvalue weighted by Gasteiger charge is -2.10. The summed E-state index contributed by atoms with van der Waals surface area (Å²) in [6.45, 7) is 1.89. The molecule has 0 aliphatic carbocycles. The lowest BCUT2D eigenvalue weighted by Crippen LogP contribution is -2.23. The first kappa shape index (κ1) is 18.4. The van der Waals surface area contributed by atoms with Gasteiger partial charge in [0.1, 0.15) is 11.3 Å². The van der Waals surface area contributed by atoms with Crippen LogP contribution >= 0.6 is 0 Å². The molecule has 6 nitrogen and oxygen atoms in total. The highest BCUT2D eigenvalue weighted by Gasteiger charge is 2.13. The molecule has 138 valence electrons. The van der Waals surface area contributed by atoms with Crippen LogP contribution in [0.4, 0.5) is 5.69 Å². The summed E-state index contributed by atoms with van der Waals surface area (Å²) in [7, 11) is 1.56. The summed E-state index contributed by atoms with van der Waals surface area (Å²) in [5, 5.41) is 2.72. The third-order valence-electron chi connectivity index (χ3n) is 4.25. The maximum Gasteiger partial charge on any atom is 0.261 e. The van der Waals surface area contributed by atoms with Crippen LogP contribution in [0, 0.1) is 0 Å². The number of benzene rings is 2. The summed E-state index contributed by atoms with van der Waals surface area (Å²) >= 11 is 0. The largest absolute Gasteiger partial charge is 0.496 e. The molecule has 2 aromatic carbocycles. The first-order valence-corrected chi connectivity index (χ1v) is 8.53. The van der Waals surface area contributed by atoms with Gasteiger partial charge in [0.05, 0.1) is 12.8 Å². The Bertz CT molecular complexity index is 1010. The quantitative estimate of drug-likeness (QED) is 0.648. The molecule has 0 spiro atoms. The second-order valence-corrected chi connectivity index (χ2v) is 6.18. The Morgan fingerprint density at radius 3 is 2.41 bits per heavy atom. The van der Waals surface area contributed by atoms with E-state index in [-0.39, 0.29) is 11.6 Å². The molecular formula is C21H21N3O3. The number of anilines is 1. The Morgan fingerprint density at radius 1 is 1.07 bits per heavy atom. The zero-order valence-corrected chi connectivity index (χ0v) is 15.2. The van der Waals surface area contributed by atoms with E-state index in [1.54, 1.807) is 31.4 Å². The standard InChI is InChI=1S/C21H21N3O3/c1-13(22)14-7-9-15(10-8-14)23-20(25)17-11-12-18(24-21(17)26)16-5-3-4-6-19(16)27-2/h3-13H,22H2,1-2H3,(H,23,25)(H,24,26)/t13-/m0/s1. The molecule has 0 aliphatic heterocycles. The van der Waals surface area contributed by atoms with Gasteiger partial charge in [-0.3, -0.25) is 9.59 Å². The van der Waals surface area contributed by atoms with Crippen molar-refractivity contribution in [3.05, 3.63) is 82.1 Å². The number of para-hydroxylation sites is 1. The Morgan fingerprint density at radius 2 is 1.78 bits per heavy atom. The minimum Gasteiger partial charge on any atom is -0.496 e. The summed E-state index contributed by atoms with van der Waals surface area (Å²) in [4.78, 5) is 27.6. The molecule has 3 aromatic rings. The maximum absolute atomic E-state index is 12.4. The highest BCUT2D eigenvalue weighted by atomic mass is 16.5. The number of hydrogen-bond donors (Lipinski definition) is 3. The van der Waals surface area contributed by atoms with E-state index in [0.29, 0.717) is 17.1 Å². The van der Waals surface area contributed by atoms with Gasteiger partial charge in [-0.25, -0.2) is 0 Å². The fourth-order valence-electron chi connectivity index (χ4n) is 2.75. The smallest absolute Gasteiger partial charge is 0.261 e. The van der Waals surface area contributed by atoms with E-state index < -0.39 is 11.5 Å². The summed E-state index contributed by atoms with van der Waals surface area (Å²) in [5.74, 6) is 0.163. The van der Waals surface area contributed by atoms with Crippen molar-refractivity contribution in [3.8, 4) is 17.0 Å². The SMILES string of the molecule is COc1ccccc1-c1ccc(C(=O)Nc2ccc([C@H](C)N)cc2)c(=O)[nH]1. The highest BCUT2D eigenvalue weighted by Crippen LogP contribution is 2.27. The minimum absolute atomic E-state index is 0.0323. The van der Waals surface area contributed by atoms with Gasteiger partial charge in [-0.15, -0.1) is 0 Å². The number of aromatic amines is 1. The molecule has 1 heterocycles. The van der Waals surface area contributed by atoms with Gasteiger partial charge in [0, 0.05) is 17.3 Å². The van der Waals surface area contributed by atoms with Gasteiger partial charge in [-0.1, -0.05) is 24.3 Å². The van der Waals surface area contributed by atoms with Crippen LogP contribution in [-0.2, 0) is 0 Å². The molecule has 0 fully saturated rings. The predicted molar refractivity (Wildman–Crippen MR) is 106 cm³/mol. The number of ether oxygens (including phenoxy) is 1. The molecule has 1 atom stereocenters. The zero-order valence-electron chi connectivity index (χ0n) is 15.2. The molecule has 0 unspecified atom stereocenters.